The molecule has 0 aliphatic heterocycles. The molecule has 2 nitrogen and oxygen atoms in total. The van der Waals surface area contributed by atoms with Crippen molar-refractivity contribution in [2.75, 3.05) is 0 Å². The van der Waals surface area contributed by atoms with Crippen LogP contribution in [0.25, 0.3) is 0 Å². The molecule has 0 aromatic carbocycles. The lowest BCUT2D eigenvalue weighted by Crippen LogP contribution is -2.26. The van der Waals surface area contributed by atoms with Crippen molar-refractivity contribution in [1.82, 2.24) is 5.32 Å². The maximum atomic E-state index is 13.6. The number of alkyl halides is 1. The van der Waals surface area contributed by atoms with Gasteiger partial charge in [0.2, 0.25) is 0 Å². The van der Waals surface area contributed by atoms with E-state index in [1.807, 2.05) is 12.2 Å². The molecular formula is C19H28FNO. The predicted molar refractivity (Wildman–Crippen MR) is 92.5 cm³/mol. The number of halogens is 1. The highest BCUT2D eigenvalue weighted by atomic mass is 19.1. The monoisotopic (exact) mass is 305 g/mol. The van der Waals surface area contributed by atoms with Crippen molar-refractivity contribution in [2.24, 2.45) is 0 Å². The molecule has 0 radical (unpaired) electrons. The van der Waals surface area contributed by atoms with Gasteiger partial charge in [0.15, 0.2) is 0 Å². The first-order valence-corrected chi connectivity index (χ1v) is 8.04. The minimum Gasteiger partial charge on any atom is -0.508 e. The van der Waals surface area contributed by atoms with Crippen LogP contribution in [0.1, 0.15) is 45.4 Å². The largest absolute Gasteiger partial charge is 0.508 e. The zero-order chi connectivity index (χ0) is 16.2. The summed E-state index contributed by atoms with van der Waals surface area (Å²) in [5.74, 6) is 0.214. The Hall–Kier alpha value is -1.77. The molecule has 3 heteroatoms. The summed E-state index contributed by atoms with van der Waals surface area (Å²) in [6.45, 7) is 5.61. The highest BCUT2D eigenvalue weighted by molar-refractivity contribution is 5.10. The minimum atomic E-state index is -0.879. The van der Waals surface area contributed by atoms with E-state index in [1.54, 1.807) is 12.2 Å². The van der Waals surface area contributed by atoms with E-state index in [0.717, 1.165) is 31.4 Å². The van der Waals surface area contributed by atoms with E-state index < -0.39 is 6.17 Å². The van der Waals surface area contributed by atoms with Crippen molar-refractivity contribution in [3.8, 4) is 0 Å². The van der Waals surface area contributed by atoms with Crippen LogP contribution in [0, 0.1) is 0 Å². The van der Waals surface area contributed by atoms with E-state index in [2.05, 4.69) is 31.0 Å². The Balaban J connectivity index is 2.27. The van der Waals surface area contributed by atoms with Gasteiger partial charge in [0, 0.05) is 18.2 Å². The fourth-order valence-corrected chi connectivity index (χ4v) is 2.29. The molecular weight excluding hydrogens is 277 g/mol. The molecule has 2 N–H and O–H groups in total. The number of allylic oxidation sites excluding steroid dienone is 8. The van der Waals surface area contributed by atoms with E-state index >= 15 is 0 Å². The molecule has 2 atom stereocenters. The summed E-state index contributed by atoms with van der Waals surface area (Å²) in [5.41, 5.74) is 1.02. The topological polar surface area (TPSA) is 32.3 Å². The first kappa shape index (κ1) is 18.3. The van der Waals surface area contributed by atoms with Crippen LogP contribution in [-0.2, 0) is 0 Å². The summed E-state index contributed by atoms with van der Waals surface area (Å²) in [5, 5.41) is 12.6. The van der Waals surface area contributed by atoms with E-state index in [-0.39, 0.29) is 5.76 Å². The molecule has 0 aromatic heterocycles. The lowest BCUT2D eigenvalue weighted by molar-refractivity contribution is 0.396. The smallest absolute Gasteiger partial charge is 0.124 e. The second-order valence-corrected chi connectivity index (χ2v) is 5.62. The summed E-state index contributed by atoms with van der Waals surface area (Å²) >= 11 is 0. The quantitative estimate of drug-likeness (QED) is 0.363. The Labute approximate surface area is 133 Å². The Morgan fingerprint density at radius 1 is 1.50 bits per heavy atom. The van der Waals surface area contributed by atoms with Crippen LogP contribution in [0.15, 0.2) is 60.6 Å². The first-order valence-electron chi connectivity index (χ1n) is 8.04. The van der Waals surface area contributed by atoms with Crippen LogP contribution in [-0.4, -0.2) is 17.3 Å². The molecule has 0 aromatic rings. The van der Waals surface area contributed by atoms with E-state index in [9.17, 15) is 9.50 Å². The van der Waals surface area contributed by atoms with Crippen LogP contribution in [0.2, 0.25) is 0 Å². The van der Waals surface area contributed by atoms with Gasteiger partial charge >= 0.3 is 0 Å². The number of aliphatic hydroxyl groups is 1. The normalized spacial score (nSPS) is 24.9. The third kappa shape index (κ3) is 8.50. The van der Waals surface area contributed by atoms with E-state index in [0.29, 0.717) is 18.9 Å². The maximum Gasteiger partial charge on any atom is 0.124 e. The predicted octanol–water partition coefficient (Wildman–Crippen LogP) is 5.28. The fourth-order valence-electron chi connectivity index (χ4n) is 2.29. The Kier molecular flexibility index (Phi) is 9.04. The fraction of sp³-hybridized carbons (Fsp3) is 0.474. The van der Waals surface area contributed by atoms with Crippen LogP contribution in [0.4, 0.5) is 4.39 Å². The van der Waals surface area contributed by atoms with Gasteiger partial charge in [-0.3, -0.25) is 0 Å². The van der Waals surface area contributed by atoms with Gasteiger partial charge in [0.25, 0.3) is 0 Å². The van der Waals surface area contributed by atoms with Crippen LogP contribution >= 0.6 is 0 Å². The molecule has 1 aliphatic carbocycles. The molecule has 0 saturated heterocycles. The van der Waals surface area contributed by atoms with Gasteiger partial charge in [-0.25, -0.2) is 4.39 Å². The Morgan fingerprint density at radius 3 is 3.09 bits per heavy atom. The van der Waals surface area contributed by atoms with Gasteiger partial charge in [-0.2, -0.15) is 0 Å². The molecule has 0 heterocycles. The summed E-state index contributed by atoms with van der Waals surface area (Å²) in [6, 6.07) is 0.323. The number of hydrogen-bond acceptors (Lipinski definition) is 2. The molecule has 0 spiro atoms. The molecule has 122 valence electrons. The molecule has 1 rings (SSSR count). The van der Waals surface area contributed by atoms with Crippen molar-refractivity contribution < 1.29 is 9.50 Å². The summed E-state index contributed by atoms with van der Waals surface area (Å²) in [6.07, 6.45) is 17.1. The molecule has 0 fully saturated rings. The van der Waals surface area contributed by atoms with Gasteiger partial charge < -0.3 is 10.4 Å². The third-order valence-corrected chi connectivity index (χ3v) is 3.53. The zero-order valence-electron chi connectivity index (χ0n) is 13.5. The molecule has 0 amide bonds. The number of hydrogen-bond donors (Lipinski definition) is 2. The van der Waals surface area contributed by atoms with Gasteiger partial charge in [-0.05, 0) is 57.3 Å². The van der Waals surface area contributed by atoms with Crippen molar-refractivity contribution in [3.63, 3.8) is 0 Å². The summed E-state index contributed by atoms with van der Waals surface area (Å²) < 4.78 is 13.6. The SMILES string of the molecule is C=C/C(O)=C\C/C=C/CCC(C)N/C1=C/C(F)C/C=C\CC1. The molecule has 0 bridgehead atoms. The number of nitrogens with one attached hydrogen (secondary N) is 1. The van der Waals surface area contributed by atoms with Crippen LogP contribution in [0.3, 0.4) is 0 Å². The van der Waals surface area contributed by atoms with Gasteiger partial charge in [0.1, 0.15) is 11.9 Å². The first-order chi connectivity index (χ1) is 10.6. The van der Waals surface area contributed by atoms with Crippen molar-refractivity contribution in [2.45, 2.75) is 57.7 Å². The summed E-state index contributed by atoms with van der Waals surface area (Å²) in [7, 11) is 0. The second kappa shape index (κ2) is 10.9. The second-order valence-electron chi connectivity index (χ2n) is 5.62. The highest BCUT2D eigenvalue weighted by Gasteiger charge is 2.08. The minimum absolute atomic E-state index is 0.214. The number of rotatable bonds is 8. The molecule has 2 unspecified atom stereocenters. The van der Waals surface area contributed by atoms with E-state index in [4.69, 9.17) is 0 Å². The molecule has 22 heavy (non-hydrogen) atoms. The van der Waals surface area contributed by atoms with Gasteiger partial charge in [0.05, 0.1) is 0 Å². The van der Waals surface area contributed by atoms with Gasteiger partial charge in [-0.15, -0.1) is 0 Å². The van der Waals surface area contributed by atoms with Crippen LogP contribution in [0.5, 0.6) is 0 Å². The lowest BCUT2D eigenvalue weighted by Gasteiger charge is -2.19. The summed E-state index contributed by atoms with van der Waals surface area (Å²) in [4.78, 5) is 0. The Bertz CT molecular complexity index is 448. The highest BCUT2D eigenvalue weighted by Crippen LogP contribution is 2.14. The average Bonchev–Trinajstić information content (AvgIpc) is 2.47. The van der Waals surface area contributed by atoms with E-state index in [1.165, 1.54) is 6.08 Å². The zero-order valence-corrected chi connectivity index (χ0v) is 13.5. The lowest BCUT2D eigenvalue weighted by atomic mass is 10.1. The molecule has 0 saturated carbocycles. The van der Waals surface area contributed by atoms with Crippen LogP contribution < -0.4 is 5.32 Å². The standard InChI is InChI=1S/C19H28FNO/c1-3-19(22)14-10-5-4-7-11-16(2)21-18-13-9-6-8-12-17(20)15-18/h3-6,8,14-17,21-22H,1,7,9-13H2,2H3/b5-4+,8-6-,18-15+,19-14+. The van der Waals surface area contributed by atoms with Crippen molar-refractivity contribution in [1.29, 1.82) is 0 Å². The van der Waals surface area contributed by atoms with Crippen molar-refractivity contribution in [3.05, 3.63) is 60.6 Å². The van der Waals surface area contributed by atoms with Crippen molar-refractivity contribution >= 4 is 0 Å². The average molecular weight is 305 g/mol. The third-order valence-electron chi connectivity index (χ3n) is 3.53. The van der Waals surface area contributed by atoms with Gasteiger partial charge in [-0.1, -0.05) is 30.9 Å². The molecule has 1 aliphatic rings. The number of aliphatic hydroxyl groups excluding tert-OH is 1. The Morgan fingerprint density at radius 2 is 2.32 bits per heavy atom. The maximum absolute atomic E-state index is 13.6.